The van der Waals surface area contributed by atoms with Crippen molar-refractivity contribution in [3.05, 3.63) is 59.9 Å². The minimum atomic E-state index is -0.676. The molecule has 130 valence electrons. The van der Waals surface area contributed by atoms with Crippen LogP contribution in [0.1, 0.15) is 17.9 Å². The zero-order chi connectivity index (χ0) is 17.8. The first-order valence-corrected chi connectivity index (χ1v) is 8.06. The number of anilines is 1. The van der Waals surface area contributed by atoms with Crippen LogP contribution in [0.25, 0.3) is 0 Å². The van der Waals surface area contributed by atoms with Crippen LogP contribution in [0, 0.1) is 5.82 Å². The summed E-state index contributed by atoms with van der Waals surface area (Å²) in [5.41, 5.74) is 1.38. The molecule has 1 unspecified atom stereocenters. The second-order valence-corrected chi connectivity index (χ2v) is 5.97. The first-order chi connectivity index (χ1) is 12.1. The molecule has 0 radical (unpaired) electrons. The van der Waals surface area contributed by atoms with Crippen LogP contribution in [0.3, 0.4) is 0 Å². The fraction of sp³-hybridized carbons (Fsp3) is 0.263. The predicted octanol–water partition coefficient (Wildman–Crippen LogP) is 2.79. The Bertz CT molecular complexity index is 776. The van der Waals surface area contributed by atoms with Gasteiger partial charge in [-0.2, -0.15) is 0 Å². The number of carbonyl (C=O) groups is 2. The SMILES string of the molecule is COc1ccc(NC(=O)C(=O)N2CCC(c3cccc(F)c3)C2)cc1. The lowest BCUT2D eigenvalue weighted by molar-refractivity contribution is -0.142. The molecule has 1 aliphatic rings. The number of hydrogen-bond donors (Lipinski definition) is 1. The molecule has 2 amide bonds. The highest BCUT2D eigenvalue weighted by atomic mass is 19.1. The van der Waals surface area contributed by atoms with Crippen molar-refractivity contribution in [3.63, 3.8) is 0 Å². The third kappa shape index (κ3) is 3.96. The molecule has 6 heteroatoms. The van der Waals surface area contributed by atoms with Gasteiger partial charge in [-0.3, -0.25) is 9.59 Å². The van der Waals surface area contributed by atoms with Crippen LogP contribution in [-0.2, 0) is 9.59 Å². The number of halogens is 1. The van der Waals surface area contributed by atoms with Crippen LogP contribution in [0.2, 0.25) is 0 Å². The summed E-state index contributed by atoms with van der Waals surface area (Å²) < 4.78 is 18.4. The molecule has 1 heterocycles. The summed E-state index contributed by atoms with van der Waals surface area (Å²) in [6.07, 6.45) is 0.713. The fourth-order valence-corrected chi connectivity index (χ4v) is 2.98. The lowest BCUT2D eigenvalue weighted by Gasteiger charge is -2.16. The number of hydrogen-bond acceptors (Lipinski definition) is 3. The van der Waals surface area contributed by atoms with Gasteiger partial charge in [0.05, 0.1) is 7.11 Å². The van der Waals surface area contributed by atoms with Gasteiger partial charge in [0.2, 0.25) is 0 Å². The molecular formula is C19H19FN2O3. The highest BCUT2D eigenvalue weighted by molar-refractivity contribution is 6.39. The second kappa shape index (κ2) is 7.34. The Labute approximate surface area is 145 Å². The zero-order valence-electron chi connectivity index (χ0n) is 13.9. The number of likely N-dealkylation sites (tertiary alicyclic amines) is 1. The number of rotatable bonds is 3. The largest absolute Gasteiger partial charge is 0.497 e. The van der Waals surface area contributed by atoms with E-state index in [9.17, 15) is 14.0 Å². The number of methoxy groups -OCH3 is 1. The molecule has 1 fully saturated rings. The highest BCUT2D eigenvalue weighted by Gasteiger charge is 2.31. The molecule has 1 saturated heterocycles. The smallest absolute Gasteiger partial charge is 0.313 e. The third-order valence-electron chi connectivity index (χ3n) is 4.34. The molecule has 5 nitrogen and oxygen atoms in total. The van der Waals surface area contributed by atoms with Gasteiger partial charge < -0.3 is 15.0 Å². The minimum absolute atomic E-state index is 0.0495. The Hall–Kier alpha value is -2.89. The predicted molar refractivity (Wildman–Crippen MR) is 92.0 cm³/mol. The molecule has 0 bridgehead atoms. The van der Waals surface area contributed by atoms with Crippen molar-refractivity contribution >= 4 is 17.5 Å². The molecule has 25 heavy (non-hydrogen) atoms. The van der Waals surface area contributed by atoms with Crippen molar-refractivity contribution < 1.29 is 18.7 Å². The van der Waals surface area contributed by atoms with Gasteiger partial charge in [0.15, 0.2) is 0 Å². The molecule has 0 spiro atoms. The summed E-state index contributed by atoms with van der Waals surface area (Å²) >= 11 is 0. The Morgan fingerprint density at radius 1 is 1.20 bits per heavy atom. The van der Waals surface area contributed by atoms with E-state index in [-0.39, 0.29) is 11.7 Å². The molecule has 0 aliphatic carbocycles. The normalized spacial score (nSPS) is 16.6. The number of amides is 2. The fourth-order valence-electron chi connectivity index (χ4n) is 2.98. The van der Waals surface area contributed by atoms with E-state index in [1.54, 1.807) is 37.4 Å². The Balaban J connectivity index is 1.60. The maximum Gasteiger partial charge on any atom is 0.313 e. The van der Waals surface area contributed by atoms with E-state index in [0.717, 1.165) is 5.56 Å². The van der Waals surface area contributed by atoms with E-state index >= 15 is 0 Å². The van der Waals surface area contributed by atoms with E-state index in [2.05, 4.69) is 5.32 Å². The van der Waals surface area contributed by atoms with E-state index in [1.807, 2.05) is 6.07 Å². The summed E-state index contributed by atoms with van der Waals surface area (Å²) in [4.78, 5) is 26.0. The van der Waals surface area contributed by atoms with Gasteiger partial charge in [0.25, 0.3) is 0 Å². The van der Waals surface area contributed by atoms with Crippen molar-refractivity contribution in [3.8, 4) is 5.75 Å². The molecule has 2 aromatic rings. The van der Waals surface area contributed by atoms with Crippen LogP contribution in [0.5, 0.6) is 5.75 Å². The van der Waals surface area contributed by atoms with E-state index in [0.29, 0.717) is 30.9 Å². The first kappa shape index (κ1) is 17.0. The van der Waals surface area contributed by atoms with E-state index < -0.39 is 11.8 Å². The van der Waals surface area contributed by atoms with Crippen molar-refractivity contribution in [2.75, 3.05) is 25.5 Å². The van der Waals surface area contributed by atoms with Gasteiger partial charge in [-0.05, 0) is 48.4 Å². The summed E-state index contributed by atoms with van der Waals surface area (Å²) in [5, 5.41) is 2.59. The number of ether oxygens (including phenoxy) is 1. The molecule has 0 aromatic heterocycles. The maximum absolute atomic E-state index is 13.3. The van der Waals surface area contributed by atoms with Gasteiger partial charge in [-0.25, -0.2) is 4.39 Å². The quantitative estimate of drug-likeness (QED) is 0.873. The minimum Gasteiger partial charge on any atom is -0.497 e. The lowest BCUT2D eigenvalue weighted by atomic mass is 9.98. The first-order valence-electron chi connectivity index (χ1n) is 8.06. The summed E-state index contributed by atoms with van der Waals surface area (Å²) in [7, 11) is 1.56. The lowest BCUT2D eigenvalue weighted by Crippen LogP contribution is -2.38. The average Bonchev–Trinajstić information content (AvgIpc) is 3.12. The van der Waals surface area contributed by atoms with Gasteiger partial charge in [-0.15, -0.1) is 0 Å². The molecule has 2 aromatic carbocycles. The second-order valence-electron chi connectivity index (χ2n) is 5.97. The Morgan fingerprint density at radius 3 is 2.64 bits per heavy atom. The van der Waals surface area contributed by atoms with Crippen LogP contribution in [-0.4, -0.2) is 36.9 Å². The third-order valence-corrected chi connectivity index (χ3v) is 4.34. The van der Waals surface area contributed by atoms with E-state index in [1.165, 1.54) is 17.0 Å². The maximum atomic E-state index is 13.3. The van der Waals surface area contributed by atoms with Crippen LogP contribution < -0.4 is 10.1 Å². The number of carbonyl (C=O) groups excluding carboxylic acids is 2. The van der Waals surface area contributed by atoms with Gasteiger partial charge in [-0.1, -0.05) is 12.1 Å². The molecule has 0 saturated carbocycles. The Kier molecular flexibility index (Phi) is 4.97. The van der Waals surface area contributed by atoms with Gasteiger partial charge in [0, 0.05) is 24.7 Å². The van der Waals surface area contributed by atoms with Crippen molar-refractivity contribution in [1.82, 2.24) is 4.90 Å². The number of nitrogens with zero attached hydrogens (tertiary/aromatic N) is 1. The van der Waals surface area contributed by atoms with Crippen LogP contribution >= 0.6 is 0 Å². The summed E-state index contributed by atoms with van der Waals surface area (Å²) in [6, 6.07) is 13.1. The van der Waals surface area contributed by atoms with Crippen LogP contribution in [0.15, 0.2) is 48.5 Å². The summed E-state index contributed by atoms with van der Waals surface area (Å²) in [5.74, 6) is -0.824. The molecular weight excluding hydrogens is 323 g/mol. The van der Waals surface area contributed by atoms with Crippen molar-refractivity contribution in [1.29, 1.82) is 0 Å². The van der Waals surface area contributed by atoms with Gasteiger partial charge in [0.1, 0.15) is 11.6 Å². The van der Waals surface area contributed by atoms with Crippen molar-refractivity contribution in [2.45, 2.75) is 12.3 Å². The molecule has 3 rings (SSSR count). The highest BCUT2D eigenvalue weighted by Crippen LogP contribution is 2.27. The average molecular weight is 342 g/mol. The number of benzene rings is 2. The molecule has 1 aliphatic heterocycles. The standard InChI is InChI=1S/C19H19FN2O3/c1-25-17-7-5-16(6-8-17)21-18(23)19(24)22-10-9-14(12-22)13-3-2-4-15(20)11-13/h2-8,11,14H,9-10,12H2,1H3,(H,21,23). The van der Waals surface area contributed by atoms with Crippen LogP contribution in [0.4, 0.5) is 10.1 Å². The zero-order valence-corrected chi connectivity index (χ0v) is 13.9. The molecule has 1 N–H and O–H groups in total. The monoisotopic (exact) mass is 342 g/mol. The van der Waals surface area contributed by atoms with Gasteiger partial charge >= 0.3 is 11.8 Å². The topological polar surface area (TPSA) is 58.6 Å². The summed E-state index contributed by atoms with van der Waals surface area (Å²) in [6.45, 7) is 0.897. The number of nitrogens with one attached hydrogen (secondary N) is 1. The van der Waals surface area contributed by atoms with Crippen molar-refractivity contribution in [2.24, 2.45) is 0 Å². The van der Waals surface area contributed by atoms with E-state index in [4.69, 9.17) is 4.74 Å². The molecule has 1 atom stereocenters. The Morgan fingerprint density at radius 2 is 1.96 bits per heavy atom.